The Morgan fingerprint density at radius 1 is 1.10 bits per heavy atom. The monoisotopic (exact) mass is 281 g/mol. The number of fused-ring (bicyclic) bond motifs is 1. The van der Waals surface area contributed by atoms with Crippen LogP contribution in [0.2, 0.25) is 0 Å². The quantitative estimate of drug-likeness (QED) is 0.812. The molecular formula is C17H15NO3. The third-order valence-electron chi connectivity index (χ3n) is 3.58. The Labute approximate surface area is 123 Å². The summed E-state index contributed by atoms with van der Waals surface area (Å²) >= 11 is 0. The van der Waals surface area contributed by atoms with E-state index in [-0.39, 0.29) is 12.3 Å². The van der Waals surface area contributed by atoms with Gasteiger partial charge in [-0.15, -0.1) is 0 Å². The molecule has 1 atom stereocenters. The number of hydrogen-bond acceptors (Lipinski definition) is 3. The third kappa shape index (κ3) is 2.52. The van der Waals surface area contributed by atoms with Crippen molar-refractivity contribution in [3.63, 3.8) is 0 Å². The molecule has 3 rings (SSSR count). The molecule has 0 aromatic heterocycles. The number of para-hydroxylation sites is 1. The van der Waals surface area contributed by atoms with Crippen LogP contribution in [0.25, 0.3) is 0 Å². The Bertz CT molecular complexity index is 681. The van der Waals surface area contributed by atoms with Crippen LogP contribution >= 0.6 is 0 Å². The van der Waals surface area contributed by atoms with E-state index < -0.39 is 12.1 Å². The molecule has 4 nitrogen and oxygen atoms in total. The Balaban J connectivity index is 1.76. The van der Waals surface area contributed by atoms with Crippen LogP contribution in [0.15, 0.2) is 54.6 Å². The first-order chi connectivity index (χ1) is 10.2. The molecule has 1 unspecified atom stereocenters. The van der Waals surface area contributed by atoms with E-state index in [1.165, 1.54) is 4.90 Å². The number of hydrogen-bond donors (Lipinski definition) is 0. The number of anilines is 1. The van der Waals surface area contributed by atoms with Crippen molar-refractivity contribution in [2.75, 3.05) is 11.9 Å². The van der Waals surface area contributed by atoms with Gasteiger partial charge >= 0.3 is 5.97 Å². The summed E-state index contributed by atoms with van der Waals surface area (Å²) in [5.74, 6) is -0.609. The van der Waals surface area contributed by atoms with Crippen LogP contribution in [-0.4, -0.2) is 18.9 Å². The van der Waals surface area contributed by atoms with Crippen molar-refractivity contribution in [2.24, 2.45) is 0 Å². The van der Waals surface area contributed by atoms with Crippen LogP contribution < -0.4 is 4.90 Å². The fourth-order valence-electron chi connectivity index (χ4n) is 2.49. The van der Waals surface area contributed by atoms with E-state index in [0.29, 0.717) is 0 Å². The molecule has 0 saturated carbocycles. The molecule has 4 heteroatoms. The molecule has 0 aliphatic carbocycles. The minimum absolute atomic E-state index is 0.163. The van der Waals surface area contributed by atoms with Gasteiger partial charge in [-0.1, -0.05) is 48.5 Å². The van der Waals surface area contributed by atoms with Gasteiger partial charge in [-0.05, 0) is 11.6 Å². The highest BCUT2D eigenvalue weighted by Crippen LogP contribution is 2.36. The van der Waals surface area contributed by atoms with Crippen molar-refractivity contribution >= 4 is 17.6 Å². The minimum Gasteiger partial charge on any atom is -0.447 e. The summed E-state index contributed by atoms with van der Waals surface area (Å²) in [6.07, 6.45) is -0.668. The summed E-state index contributed by atoms with van der Waals surface area (Å²) in [6, 6.07) is 16.7. The molecule has 1 amide bonds. The number of rotatable bonds is 3. The SMILES string of the molecule is CN1C(=O)C(OC(=O)Cc2ccccc2)c2ccccc21. The second-order valence-electron chi connectivity index (χ2n) is 4.99. The maximum absolute atomic E-state index is 12.2. The zero-order valence-corrected chi connectivity index (χ0v) is 11.7. The largest absolute Gasteiger partial charge is 0.447 e. The van der Waals surface area contributed by atoms with E-state index in [0.717, 1.165) is 16.8 Å². The molecule has 0 N–H and O–H groups in total. The van der Waals surface area contributed by atoms with Crippen LogP contribution in [0.5, 0.6) is 0 Å². The number of benzene rings is 2. The molecule has 0 radical (unpaired) electrons. The molecule has 106 valence electrons. The highest BCUT2D eigenvalue weighted by molar-refractivity contribution is 6.04. The average Bonchev–Trinajstić information content (AvgIpc) is 2.74. The van der Waals surface area contributed by atoms with E-state index in [4.69, 9.17) is 4.74 Å². The van der Waals surface area contributed by atoms with Crippen molar-refractivity contribution in [1.29, 1.82) is 0 Å². The van der Waals surface area contributed by atoms with Gasteiger partial charge in [0, 0.05) is 12.6 Å². The molecular weight excluding hydrogens is 266 g/mol. The van der Waals surface area contributed by atoms with Gasteiger partial charge in [0.15, 0.2) is 0 Å². The second-order valence-corrected chi connectivity index (χ2v) is 4.99. The second kappa shape index (κ2) is 5.40. The number of carbonyl (C=O) groups excluding carboxylic acids is 2. The van der Waals surface area contributed by atoms with Gasteiger partial charge in [-0.2, -0.15) is 0 Å². The molecule has 0 fully saturated rings. The summed E-state index contributed by atoms with van der Waals surface area (Å²) in [7, 11) is 1.69. The topological polar surface area (TPSA) is 46.6 Å². The fourth-order valence-corrected chi connectivity index (χ4v) is 2.49. The molecule has 21 heavy (non-hydrogen) atoms. The lowest BCUT2D eigenvalue weighted by atomic mass is 10.1. The number of amides is 1. The standard InChI is InChI=1S/C17H15NO3/c1-18-14-10-6-5-9-13(14)16(17(18)20)21-15(19)11-12-7-3-2-4-8-12/h2-10,16H,11H2,1H3. The normalized spacial score (nSPS) is 16.7. The van der Waals surface area contributed by atoms with Crippen LogP contribution in [0.3, 0.4) is 0 Å². The first kappa shape index (κ1) is 13.4. The molecule has 0 bridgehead atoms. The Morgan fingerprint density at radius 3 is 2.52 bits per heavy atom. The number of ether oxygens (including phenoxy) is 1. The lowest BCUT2D eigenvalue weighted by molar-refractivity contribution is -0.154. The summed E-state index contributed by atoms with van der Waals surface area (Å²) in [4.78, 5) is 25.8. The van der Waals surface area contributed by atoms with Crippen molar-refractivity contribution < 1.29 is 14.3 Å². The van der Waals surface area contributed by atoms with E-state index >= 15 is 0 Å². The lowest BCUT2D eigenvalue weighted by Crippen LogP contribution is -2.27. The highest BCUT2D eigenvalue weighted by Gasteiger charge is 2.37. The summed E-state index contributed by atoms with van der Waals surface area (Å²) in [6.45, 7) is 0. The lowest BCUT2D eigenvalue weighted by Gasteiger charge is -2.12. The Hall–Kier alpha value is -2.62. The smallest absolute Gasteiger partial charge is 0.311 e. The van der Waals surface area contributed by atoms with Crippen molar-refractivity contribution in [3.8, 4) is 0 Å². The highest BCUT2D eigenvalue weighted by atomic mass is 16.5. The van der Waals surface area contributed by atoms with Gasteiger partial charge in [0.25, 0.3) is 5.91 Å². The number of nitrogens with zero attached hydrogens (tertiary/aromatic N) is 1. The number of likely N-dealkylation sites (N-methyl/N-ethyl adjacent to an activating group) is 1. The zero-order chi connectivity index (χ0) is 14.8. The first-order valence-corrected chi connectivity index (χ1v) is 6.76. The van der Waals surface area contributed by atoms with E-state index in [2.05, 4.69) is 0 Å². The fraction of sp³-hybridized carbons (Fsp3) is 0.176. The first-order valence-electron chi connectivity index (χ1n) is 6.76. The predicted molar refractivity (Wildman–Crippen MR) is 78.8 cm³/mol. The van der Waals surface area contributed by atoms with Crippen molar-refractivity contribution in [2.45, 2.75) is 12.5 Å². The zero-order valence-electron chi connectivity index (χ0n) is 11.7. The molecule has 0 saturated heterocycles. The van der Waals surface area contributed by atoms with Crippen LogP contribution in [-0.2, 0) is 20.7 Å². The number of carbonyl (C=O) groups is 2. The van der Waals surface area contributed by atoms with Crippen molar-refractivity contribution in [1.82, 2.24) is 0 Å². The van der Waals surface area contributed by atoms with Gasteiger partial charge in [0.05, 0.1) is 12.1 Å². The van der Waals surface area contributed by atoms with Crippen molar-refractivity contribution in [3.05, 3.63) is 65.7 Å². The van der Waals surface area contributed by atoms with Crippen LogP contribution in [0, 0.1) is 0 Å². The predicted octanol–water partition coefficient (Wildman–Crippen LogP) is 2.49. The molecule has 2 aromatic carbocycles. The van der Waals surface area contributed by atoms with Gasteiger partial charge in [0.2, 0.25) is 6.10 Å². The summed E-state index contributed by atoms with van der Waals surface area (Å²) in [5.41, 5.74) is 2.40. The molecule has 1 aliphatic heterocycles. The maximum Gasteiger partial charge on any atom is 0.311 e. The summed E-state index contributed by atoms with van der Waals surface area (Å²) in [5, 5.41) is 0. The van der Waals surface area contributed by atoms with Gasteiger partial charge in [0.1, 0.15) is 0 Å². The van der Waals surface area contributed by atoms with Crippen LogP contribution in [0.1, 0.15) is 17.2 Å². The molecule has 2 aromatic rings. The van der Waals surface area contributed by atoms with Gasteiger partial charge in [-0.25, -0.2) is 0 Å². The van der Waals surface area contributed by atoms with Crippen LogP contribution in [0.4, 0.5) is 5.69 Å². The summed E-state index contributed by atoms with van der Waals surface area (Å²) < 4.78 is 5.39. The van der Waals surface area contributed by atoms with Gasteiger partial charge in [-0.3, -0.25) is 9.59 Å². The molecule has 1 heterocycles. The number of esters is 1. The van der Waals surface area contributed by atoms with E-state index in [9.17, 15) is 9.59 Å². The molecule has 0 spiro atoms. The van der Waals surface area contributed by atoms with E-state index in [1.54, 1.807) is 7.05 Å². The Morgan fingerprint density at radius 2 is 1.76 bits per heavy atom. The third-order valence-corrected chi connectivity index (χ3v) is 3.58. The average molecular weight is 281 g/mol. The minimum atomic E-state index is -0.831. The van der Waals surface area contributed by atoms with E-state index in [1.807, 2.05) is 54.6 Å². The molecule has 1 aliphatic rings. The van der Waals surface area contributed by atoms with Gasteiger partial charge < -0.3 is 9.64 Å². The maximum atomic E-state index is 12.2. The Kier molecular flexibility index (Phi) is 3.44.